The van der Waals surface area contributed by atoms with Crippen LogP contribution in [0.1, 0.15) is 20.3 Å². The van der Waals surface area contributed by atoms with Crippen molar-refractivity contribution in [2.24, 2.45) is 11.7 Å². The Balaban J connectivity index is 2.27. The molecule has 14 heavy (non-hydrogen) atoms. The third kappa shape index (κ3) is 4.18. The molecule has 0 aliphatic heterocycles. The van der Waals surface area contributed by atoms with Crippen LogP contribution in [-0.2, 0) is 0 Å². The highest BCUT2D eigenvalue weighted by atomic mass is 15.0. The van der Waals surface area contributed by atoms with Crippen molar-refractivity contribution in [1.29, 1.82) is 0 Å². The normalized spacial score (nSPS) is 12.9. The van der Waals surface area contributed by atoms with Gasteiger partial charge in [0, 0.05) is 18.8 Å². The molecule has 1 unspecified atom stereocenters. The van der Waals surface area contributed by atoms with Gasteiger partial charge in [-0.3, -0.25) is 0 Å². The highest BCUT2D eigenvalue weighted by Gasteiger charge is 2.04. The van der Waals surface area contributed by atoms with Gasteiger partial charge in [-0.1, -0.05) is 13.8 Å². The minimum atomic E-state index is 0.185. The molecule has 78 valence electrons. The van der Waals surface area contributed by atoms with Gasteiger partial charge in [0.15, 0.2) is 0 Å². The van der Waals surface area contributed by atoms with E-state index in [1.165, 1.54) is 6.33 Å². The topological polar surface area (TPSA) is 63.8 Å². The van der Waals surface area contributed by atoms with Crippen molar-refractivity contribution >= 4 is 5.82 Å². The number of nitrogens with zero attached hydrogens (tertiary/aromatic N) is 2. The average Bonchev–Trinajstić information content (AvgIpc) is 2.15. The Hall–Kier alpha value is -1.16. The van der Waals surface area contributed by atoms with Crippen molar-refractivity contribution in [1.82, 2.24) is 9.97 Å². The van der Waals surface area contributed by atoms with Crippen LogP contribution in [0.15, 0.2) is 18.6 Å². The molecule has 0 amide bonds. The highest BCUT2D eigenvalue weighted by molar-refractivity contribution is 5.31. The summed E-state index contributed by atoms with van der Waals surface area (Å²) in [5.41, 5.74) is 5.92. The van der Waals surface area contributed by atoms with E-state index in [2.05, 4.69) is 29.1 Å². The molecule has 0 saturated heterocycles. The van der Waals surface area contributed by atoms with Crippen molar-refractivity contribution in [2.45, 2.75) is 26.3 Å². The molecule has 1 atom stereocenters. The van der Waals surface area contributed by atoms with E-state index in [4.69, 9.17) is 5.73 Å². The predicted molar refractivity (Wildman–Crippen MR) is 58.0 cm³/mol. The van der Waals surface area contributed by atoms with Crippen LogP contribution in [-0.4, -0.2) is 22.6 Å². The second kappa shape index (κ2) is 5.54. The number of hydrogen-bond donors (Lipinski definition) is 2. The van der Waals surface area contributed by atoms with E-state index < -0.39 is 0 Å². The van der Waals surface area contributed by atoms with E-state index in [-0.39, 0.29) is 6.04 Å². The van der Waals surface area contributed by atoms with Gasteiger partial charge in [-0.25, -0.2) is 9.97 Å². The van der Waals surface area contributed by atoms with Crippen LogP contribution in [0.5, 0.6) is 0 Å². The molecular formula is C10H18N4. The second-order valence-electron chi connectivity index (χ2n) is 3.87. The van der Waals surface area contributed by atoms with Crippen molar-refractivity contribution in [3.8, 4) is 0 Å². The summed E-state index contributed by atoms with van der Waals surface area (Å²) in [4.78, 5) is 7.89. The fourth-order valence-electron chi connectivity index (χ4n) is 1.32. The zero-order chi connectivity index (χ0) is 10.4. The molecule has 1 aromatic heterocycles. The molecule has 1 aromatic rings. The quantitative estimate of drug-likeness (QED) is 0.740. The Morgan fingerprint density at radius 1 is 1.50 bits per heavy atom. The summed E-state index contributed by atoms with van der Waals surface area (Å²) in [5.74, 6) is 1.47. The molecule has 0 aromatic carbocycles. The van der Waals surface area contributed by atoms with Gasteiger partial charge < -0.3 is 11.1 Å². The lowest BCUT2D eigenvalue weighted by Crippen LogP contribution is -2.30. The Labute approximate surface area is 85.0 Å². The largest absolute Gasteiger partial charge is 0.368 e. The van der Waals surface area contributed by atoms with Crippen molar-refractivity contribution in [3.63, 3.8) is 0 Å². The maximum Gasteiger partial charge on any atom is 0.129 e. The van der Waals surface area contributed by atoms with Gasteiger partial charge in [0.25, 0.3) is 0 Å². The smallest absolute Gasteiger partial charge is 0.129 e. The van der Waals surface area contributed by atoms with E-state index >= 15 is 0 Å². The van der Waals surface area contributed by atoms with E-state index in [1.54, 1.807) is 6.20 Å². The number of aromatic nitrogens is 2. The standard InChI is InChI=1S/C10H18N4/c1-8(2)5-9(11)6-13-10-3-4-12-7-14-10/h3-4,7-9H,5-6,11H2,1-2H3,(H,12,13,14). The molecule has 0 aliphatic carbocycles. The van der Waals surface area contributed by atoms with Gasteiger partial charge in [0.2, 0.25) is 0 Å². The molecule has 3 N–H and O–H groups in total. The number of hydrogen-bond acceptors (Lipinski definition) is 4. The Morgan fingerprint density at radius 2 is 2.29 bits per heavy atom. The van der Waals surface area contributed by atoms with Gasteiger partial charge >= 0.3 is 0 Å². The monoisotopic (exact) mass is 194 g/mol. The summed E-state index contributed by atoms with van der Waals surface area (Å²) in [7, 11) is 0. The summed E-state index contributed by atoms with van der Waals surface area (Å²) in [6.45, 7) is 5.10. The summed E-state index contributed by atoms with van der Waals surface area (Å²) in [6, 6.07) is 2.02. The first-order valence-electron chi connectivity index (χ1n) is 4.94. The number of anilines is 1. The van der Waals surface area contributed by atoms with E-state index in [9.17, 15) is 0 Å². The van der Waals surface area contributed by atoms with Crippen LogP contribution in [0, 0.1) is 5.92 Å². The molecular weight excluding hydrogens is 176 g/mol. The maximum atomic E-state index is 5.92. The Bertz CT molecular complexity index is 248. The minimum absolute atomic E-state index is 0.185. The van der Waals surface area contributed by atoms with Gasteiger partial charge in [-0.2, -0.15) is 0 Å². The zero-order valence-corrected chi connectivity index (χ0v) is 8.77. The lowest BCUT2D eigenvalue weighted by atomic mass is 10.0. The fraction of sp³-hybridized carbons (Fsp3) is 0.600. The number of rotatable bonds is 5. The second-order valence-corrected chi connectivity index (χ2v) is 3.87. The summed E-state index contributed by atoms with van der Waals surface area (Å²) < 4.78 is 0. The van der Waals surface area contributed by atoms with Gasteiger partial charge in [0.1, 0.15) is 12.1 Å². The minimum Gasteiger partial charge on any atom is -0.368 e. The average molecular weight is 194 g/mol. The van der Waals surface area contributed by atoms with Crippen LogP contribution in [0.4, 0.5) is 5.82 Å². The van der Waals surface area contributed by atoms with Gasteiger partial charge in [-0.05, 0) is 18.4 Å². The van der Waals surface area contributed by atoms with Gasteiger partial charge in [0.05, 0.1) is 0 Å². The van der Waals surface area contributed by atoms with Crippen LogP contribution in [0.25, 0.3) is 0 Å². The van der Waals surface area contributed by atoms with Crippen LogP contribution < -0.4 is 11.1 Å². The fourth-order valence-corrected chi connectivity index (χ4v) is 1.32. The first kappa shape index (κ1) is 10.9. The third-order valence-electron chi connectivity index (χ3n) is 1.90. The molecule has 1 heterocycles. The lowest BCUT2D eigenvalue weighted by molar-refractivity contribution is 0.508. The van der Waals surface area contributed by atoms with Crippen molar-refractivity contribution in [3.05, 3.63) is 18.6 Å². The van der Waals surface area contributed by atoms with E-state index in [0.717, 1.165) is 18.8 Å². The highest BCUT2D eigenvalue weighted by Crippen LogP contribution is 2.04. The third-order valence-corrected chi connectivity index (χ3v) is 1.90. The zero-order valence-electron chi connectivity index (χ0n) is 8.77. The molecule has 4 nitrogen and oxygen atoms in total. The lowest BCUT2D eigenvalue weighted by Gasteiger charge is -2.14. The van der Waals surface area contributed by atoms with E-state index in [1.807, 2.05) is 6.07 Å². The molecule has 4 heteroatoms. The van der Waals surface area contributed by atoms with Crippen LogP contribution in [0.3, 0.4) is 0 Å². The molecule has 1 rings (SSSR count). The molecule has 0 fully saturated rings. The summed E-state index contributed by atoms with van der Waals surface area (Å²) >= 11 is 0. The molecule has 0 radical (unpaired) electrons. The molecule has 0 bridgehead atoms. The first-order valence-corrected chi connectivity index (χ1v) is 4.94. The SMILES string of the molecule is CC(C)CC(N)CNc1ccncn1. The van der Waals surface area contributed by atoms with Crippen molar-refractivity contribution in [2.75, 3.05) is 11.9 Å². The Morgan fingerprint density at radius 3 is 2.86 bits per heavy atom. The van der Waals surface area contributed by atoms with Crippen LogP contribution in [0.2, 0.25) is 0 Å². The van der Waals surface area contributed by atoms with E-state index in [0.29, 0.717) is 5.92 Å². The first-order chi connectivity index (χ1) is 6.68. The van der Waals surface area contributed by atoms with Gasteiger partial charge in [-0.15, -0.1) is 0 Å². The predicted octanol–water partition coefficient (Wildman–Crippen LogP) is 1.26. The summed E-state index contributed by atoms with van der Waals surface area (Å²) in [6.07, 6.45) is 4.26. The molecule has 0 spiro atoms. The number of nitrogens with two attached hydrogens (primary N) is 1. The molecule has 0 aliphatic rings. The Kier molecular flexibility index (Phi) is 4.32. The molecule has 0 saturated carbocycles. The summed E-state index contributed by atoms with van der Waals surface area (Å²) in [5, 5.41) is 3.17. The maximum absolute atomic E-state index is 5.92. The van der Waals surface area contributed by atoms with Crippen molar-refractivity contribution < 1.29 is 0 Å². The van der Waals surface area contributed by atoms with Crippen LogP contribution >= 0.6 is 0 Å². The number of nitrogens with one attached hydrogen (secondary N) is 1.